The predicted molar refractivity (Wildman–Crippen MR) is 80.1 cm³/mol. The summed E-state index contributed by atoms with van der Waals surface area (Å²) in [6, 6.07) is 1.27. The van der Waals surface area contributed by atoms with Crippen LogP contribution in [0.25, 0.3) is 0 Å². The Morgan fingerprint density at radius 1 is 1.11 bits per heavy atom. The van der Waals surface area contributed by atoms with Crippen LogP contribution in [-0.4, -0.2) is 50.3 Å². The van der Waals surface area contributed by atoms with Crippen LogP contribution in [0.4, 0.5) is 0 Å². The Balaban J connectivity index is 4.71. The first-order chi connectivity index (χ1) is 8.62. The van der Waals surface area contributed by atoms with Crippen molar-refractivity contribution in [2.75, 3.05) is 33.4 Å². The zero-order valence-corrected chi connectivity index (χ0v) is 13.3. The fourth-order valence-electron chi connectivity index (χ4n) is 2.60. The molecule has 0 bridgehead atoms. The summed E-state index contributed by atoms with van der Waals surface area (Å²) in [5, 5.41) is 3.51. The van der Waals surface area contributed by atoms with Crippen LogP contribution >= 0.6 is 0 Å². The summed E-state index contributed by atoms with van der Waals surface area (Å²) in [6.07, 6.45) is 2.44. The van der Waals surface area contributed by atoms with Crippen molar-refractivity contribution in [2.45, 2.75) is 59.5 Å². The Bertz CT molecular complexity index is 181. The van der Waals surface area contributed by atoms with E-state index in [0.29, 0.717) is 18.0 Å². The Kier molecular flexibility index (Phi) is 10.7. The molecule has 0 aromatic carbocycles. The lowest BCUT2D eigenvalue weighted by molar-refractivity contribution is 0.0600. The molecule has 1 unspecified atom stereocenters. The number of hydrogen-bond acceptors (Lipinski definition) is 3. The van der Waals surface area contributed by atoms with Crippen LogP contribution in [0.5, 0.6) is 0 Å². The molecule has 18 heavy (non-hydrogen) atoms. The second-order valence-electron chi connectivity index (χ2n) is 5.32. The maximum absolute atomic E-state index is 5.28. The highest BCUT2D eigenvalue weighted by Gasteiger charge is 2.26. The largest absolute Gasteiger partial charge is 0.383 e. The molecule has 3 nitrogen and oxygen atoms in total. The lowest BCUT2D eigenvalue weighted by atomic mass is 9.98. The Labute approximate surface area is 114 Å². The van der Waals surface area contributed by atoms with Crippen LogP contribution in [0.2, 0.25) is 0 Å². The molecule has 0 aromatic heterocycles. The van der Waals surface area contributed by atoms with Gasteiger partial charge in [0.1, 0.15) is 0 Å². The van der Waals surface area contributed by atoms with Gasteiger partial charge in [-0.05, 0) is 25.3 Å². The summed E-state index contributed by atoms with van der Waals surface area (Å²) in [5.41, 5.74) is 0. The van der Waals surface area contributed by atoms with Crippen LogP contribution in [-0.2, 0) is 4.74 Å². The summed E-state index contributed by atoms with van der Waals surface area (Å²) in [5.74, 6) is 0.668. The molecule has 1 atom stereocenters. The molecule has 0 spiro atoms. The minimum Gasteiger partial charge on any atom is -0.383 e. The second-order valence-corrected chi connectivity index (χ2v) is 5.32. The van der Waals surface area contributed by atoms with Gasteiger partial charge < -0.3 is 10.1 Å². The average Bonchev–Trinajstić information content (AvgIpc) is 2.36. The SMILES string of the molecule is CCNCC(C(C)C)N(CCOC)C(CC)CC. The lowest BCUT2D eigenvalue weighted by Gasteiger charge is -2.39. The van der Waals surface area contributed by atoms with Crippen molar-refractivity contribution >= 4 is 0 Å². The number of hydrogen-bond donors (Lipinski definition) is 1. The molecular weight excluding hydrogens is 224 g/mol. The van der Waals surface area contributed by atoms with Gasteiger partial charge in [0.2, 0.25) is 0 Å². The Morgan fingerprint density at radius 2 is 1.72 bits per heavy atom. The minimum atomic E-state index is 0.602. The third-order valence-electron chi connectivity index (χ3n) is 3.76. The van der Waals surface area contributed by atoms with E-state index in [-0.39, 0.29) is 0 Å². The van der Waals surface area contributed by atoms with E-state index in [2.05, 4.69) is 44.8 Å². The van der Waals surface area contributed by atoms with Crippen molar-refractivity contribution < 1.29 is 4.74 Å². The molecule has 0 aliphatic heterocycles. The van der Waals surface area contributed by atoms with Crippen molar-refractivity contribution in [3.8, 4) is 0 Å². The van der Waals surface area contributed by atoms with Gasteiger partial charge in [0.05, 0.1) is 6.61 Å². The molecule has 0 rings (SSSR count). The fraction of sp³-hybridized carbons (Fsp3) is 1.00. The molecule has 0 heterocycles. The monoisotopic (exact) mass is 258 g/mol. The number of nitrogens with one attached hydrogen (secondary N) is 1. The first-order valence-electron chi connectivity index (χ1n) is 7.57. The van der Waals surface area contributed by atoms with Crippen molar-refractivity contribution in [1.29, 1.82) is 0 Å². The third kappa shape index (κ3) is 6.17. The zero-order chi connectivity index (χ0) is 14.0. The molecule has 110 valence electrons. The minimum absolute atomic E-state index is 0.602. The summed E-state index contributed by atoms with van der Waals surface area (Å²) in [7, 11) is 1.79. The normalized spacial score (nSPS) is 13.8. The fourth-order valence-corrected chi connectivity index (χ4v) is 2.60. The predicted octanol–water partition coefficient (Wildman–Crippen LogP) is 2.76. The molecule has 0 amide bonds. The third-order valence-corrected chi connectivity index (χ3v) is 3.76. The molecule has 0 aliphatic carbocycles. The second kappa shape index (κ2) is 10.8. The van der Waals surface area contributed by atoms with E-state index < -0.39 is 0 Å². The molecule has 0 aliphatic rings. The lowest BCUT2D eigenvalue weighted by Crippen LogP contribution is -2.51. The van der Waals surface area contributed by atoms with Gasteiger partial charge in [-0.3, -0.25) is 4.90 Å². The zero-order valence-electron chi connectivity index (χ0n) is 13.3. The summed E-state index contributed by atoms with van der Waals surface area (Å²) in [6.45, 7) is 15.4. The highest BCUT2D eigenvalue weighted by Crippen LogP contribution is 2.18. The molecule has 0 saturated heterocycles. The van der Waals surface area contributed by atoms with E-state index in [9.17, 15) is 0 Å². The van der Waals surface area contributed by atoms with Crippen molar-refractivity contribution in [2.24, 2.45) is 5.92 Å². The maximum Gasteiger partial charge on any atom is 0.0589 e. The first-order valence-corrected chi connectivity index (χ1v) is 7.57. The van der Waals surface area contributed by atoms with Gasteiger partial charge >= 0.3 is 0 Å². The summed E-state index contributed by atoms with van der Waals surface area (Å²) >= 11 is 0. The highest BCUT2D eigenvalue weighted by molar-refractivity contribution is 4.82. The maximum atomic E-state index is 5.28. The van der Waals surface area contributed by atoms with Crippen LogP contribution in [0.1, 0.15) is 47.5 Å². The molecule has 0 aromatic rings. The number of methoxy groups -OCH3 is 1. The molecular formula is C15H34N2O. The molecule has 0 radical (unpaired) electrons. The van der Waals surface area contributed by atoms with E-state index in [0.717, 1.165) is 26.2 Å². The summed E-state index contributed by atoms with van der Waals surface area (Å²) < 4.78 is 5.28. The number of rotatable bonds is 11. The number of likely N-dealkylation sites (N-methyl/N-ethyl adjacent to an activating group) is 1. The van der Waals surface area contributed by atoms with Gasteiger partial charge in [-0.2, -0.15) is 0 Å². The molecule has 3 heteroatoms. The molecule has 1 N–H and O–H groups in total. The van der Waals surface area contributed by atoms with E-state index >= 15 is 0 Å². The van der Waals surface area contributed by atoms with E-state index in [1.807, 2.05) is 0 Å². The standard InChI is InChI=1S/C15H34N2O/c1-7-14(8-2)17(10-11-18-6)15(13(4)5)12-16-9-3/h13-16H,7-12H2,1-6H3. The van der Waals surface area contributed by atoms with Crippen molar-refractivity contribution in [1.82, 2.24) is 10.2 Å². The van der Waals surface area contributed by atoms with Gasteiger partial charge in [-0.15, -0.1) is 0 Å². The van der Waals surface area contributed by atoms with Crippen LogP contribution in [0.3, 0.4) is 0 Å². The van der Waals surface area contributed by atoms with Crippen molar-refractivity contribution in [3.63, 3.8) is 0 Å². The van der Waals surface area contributed by atoms with Crippen molar-refractivity contribution in [3.05, 3.63) is 0 Å². The van der Waals surface area contributed by atoms with E-state index in [4.69, 9.17) is 4.74 Å². The average molecular weight is 258 g/mol. The highest BCUT2D eigenvalue weighted by atomic mass is 16.5. The smallest absolute Gasteiger partial charge is 0.0589 e. The van der Waals surface area contributed by atoms with Crippen LogP contribution in [0, 0.1) is 5.92 Å². The quantitative estimate of drug-likeness (QED) is 0.617. The van der Waals surface area contributed by atoms with Gasteiger partial charge in [0.25, 0.3) is 0 Å². The number of nitrogens with zero attached hydrogens (tertiary/aromatic N) is 1. The molecule has 0 saturated carbocycles. The van der Waals surface area contributed by atoms with Crippen LogP contribution < -0.4 is 5.32 Å². The van der Waals surface area contributed by atoms with Crippen LogP contribution in [0.15, 0.2) is 0 Å². The topological polar surface area (TPSA) is 24.5 Å². The Morgan fingerprint density at radius 3 is 2.11 bits per heavy atom. The summed E-state index contributed by atoms with van der Waals surface area (Å²) in [4.78, 5) is 2.65. The van der Waals surface area contributed by atoms with Gasteiger partial charge in [-0.1, -0.05) is 34.6 Å². The Hall–Kier alpha value is -0.120. The number of ether oxygens (including phenoxy) is 1. The van der Waals surface area contributed by atoms with E-state index in [1.54, 1.807) is 7.11 Å². The molecule has 0 fully saturated rings. The first kappa shape index (κ1) is 17.9. The van der Waals surface area contributed by atoms with Gasteiger partial charge in [0, 0.05) is 32.3 Å². The van der Waals surface area contributed by atoms with Gasteiger partial charge in [0.15, 0.2) is 0 Å². The van der Waals surface area contributed by atoms with Gasteiger partial charge in [-0.25, -0.2) is 0 Å². The van der Waals surface area contributed by atoms with E-state index in [1.165, 1.54) is 12.8 Å².